The molecule has 1 heterocycles. The van der Waals surface area contributed by atoms with Crippen LogP contribution < -0.4 is 10.1 Å². The number of hydrogen-bond donors (Lipinski definition) is 1. The first kappa shape index (κ1) is 20.9. The van der Waals surface area contributed by atoms with Crippen molar-refractivity contribution in [1.29, 1.82) is 0 Å². The van der Waals surface area contributed by atoms with Gasteiger partial charge >= 0.3 is 5.97 Å². The van der Waals surface area contributed by atoms with Crippen LogP contribution in [0.5, 0.6) is 5.75 Å². The summed E-state index contributed by atoms with van der Waals surface area (Å²) >= 11 is 4.26. The fourth-order valence-electron chi connectivity index (χ4n) is 5.11. The summed E-state index contributed by atoms with van der Waals surface area (Å²) in [7, 11) is 1.56. The topological polar surface area (TPSA) is 64.6 Å². The van der Waals surface area contributed by atoms with Crippen LogP contribution in [0.3, 0.4) is 0 Å². The number of rotatable bonds is 5. The van der Waals surface area contributed by atoms with Gasteiger partial charge in [0, 0.05) is 11.5 Å². The molecule has 3 aliphatic rings. The number of anilines is 1. The number of benzene rings is 1. The molecule has 3 fully saturated rings. The molecule has 1 aliphatic heterocycles. The third-order valence-electron chi connectivity index (χ3n) is 6.48. The van der Waals surface area contributed by atoms with E-state index in [0.29, 0.717) is 27.4 Å². The Morgan fingerprint density at radius 1 is 1.14 bits per heavy atom. The SMILES string of the molecule is COc1ccccc1NC(=O)[C@@H](C)OC(=O)C1C[C@H]2CCC[C@@H](C1)C21SCCS1. The summed E-state index contributed by atoms with van der Waals surface area (Å²) in [5.41, 5.74) is 0.576. The lowest BCUT2D eigenvalue weighted by Crippen LogP contribution is -2.48. The minimum Gasteiger partial charge on any atom is -0.495 e. The highest BCUT2D eigenvalue weighted by Gasteiger charge is 2.55. The molecule has 2 bridgehead atoms. The fourth-order valence-corrected chi connectivity index (χ4v) is 9.05. The van der Waals surface area contributed by atoms with Gasteiger partial charge in [-0.1, -0.05) is 18.6 Å². The van der Waals surface area contributed by atoms with Crippen LogP contribution in [0.1, 0.15) is 39.0 Å². The number of amides is 1. The first-order valence-corrected chi connectivity index (χ1v) is 12.4. The molecule has 158 valence electrons. The lowest BCUT2D eigenvalue weighted by Gasteiger charge is -2.51. The number of nitrogens with one attached hydrogen (secondary N) is 1. The second-order valence-corrected chi connectivity index (χ2v) is 11.2. The number of hydrogen-bond acceptors (Lipinski definition) is 6. The van der Waals surface area contributed by atoms with E-state index in [1.165, 1.54) is 30.8 Å². The van der Waals surface area contributed by atoms with Crippen LogP contribution in [-0.2, 0) is 14.3 Å². The number of carbonyl (C=O) groups excluding carboxylic acids is 2. The van der Waals surface area contributed by atoms with E-state index in [1.807, 2.05) is 12.1 Å². The van der Waals surface area contributed by atoms with Crippen molar-refractivity contribution in [3.05, 3.63) is 24.3 Å². The molecule has 0 radical (unpaired) electrons. The largest absolute Gasteiger partial charge is 0.495 e. The molecule has 7 heteroatoms. The van der Waals surface area contributed by atoms with Gasteiger partial charge < -0.3 is 14.8 Å². The molecule has 5 nitrogen and oxygen atoms in total. The standard InChI is InChI=1S/C22H29NO4S2/c1-14(20(24)23-18-8-3-4-9-19(18)26-2)27-21(25)15-12-16-6-5-7-17(13-15)22(16)28-10-11-29-22/h3-4,8-9,14-17H,5-7,10-13H2,1-2H3,(H,23,24)/t14-,15?,16-,17+/m1/s1. The number of ether oxygens (including phenoxy) is 2. The second kappa shape index (κ2) is 8.80. The van der Waals surface area contributed by atoms with Crippen molar-refractivity contribution in [2.75, 3.05) is 23.9 Å². The fraction of sp³-hybridized carbons (Fsp3) is 0.636. The zero-order valence-corrected chi connectivity index (χ0v) is 18.7. The highest BCUT2D eigenvalue weighted by molar-refractivity contribution is 8.21. The lowest BCUT2D eigenvalue weighted by atomic mass is 9.67. The van der Waals surface area contributed by atoms with E-state index in [-0.39, 0.29) is 17.8 Å². The Bertz CT molecular complexity index is 749. The van der Waals surface area contributed by atoms with Crippen LogP contribution in [0.15, 0.2) is 24.3 Å². The Balaban J connectivity index is 1.36. The summed E-state index contributed by atoms with van der Waals surface area (Å²) in [4.78, 5) is 25.4. The Morgan fingerprint density at radius 2 is 1.79 bits per heavy atom. The van der Waals surface area contributed by atoms with E-state index in [0.717, 1.165) is 12.8 Å². The van der Waals surface area contributed by atoms with Crippen LogP contribution in [0.25, 0.3) is 0 Å². The zero-order chi connectivity index (χ0) is 20.4. The minimum absolute atomic E-state index is 0.0840. The molecule has 4 atom stereocenters. The molecular formula is C22H29NO4S2. The van der Waals surface area contributed by atoms with Crippen molar-refractivity contribution >= 4 is 41.1 Å². The van der Waals surface area contributed by atoms with Crippen molar-refractivity contribution in [3.8, 4) is 5.75 Å². The maximum Gasteiger partial charge on any atom is 0.309 e. The average molecular weight is 436 g/mol. The van der Waals surface area contributed by atoms with E-state index in [4.69, 9.17) is 9.47 Å². The van der Waals surface area contributed by atoms with E-state index in [1.54, 1.807) is 26.2 Å². The molecule has 29 heavy (non-hydrogen) atoms. The monoisotopic (exact) mass is 435 g/mol. The van der Waals surface area contributed by atoms with Crippen molar-refractivity contribution in [2.45, 2.75) is 49.2 Å². The van der Waals surface area contributed by atoms with Gasteiger partial charge in [0.05, 0.1) is 22.8 Å². The van der Waals surface area contributed by atoms with Gasteiger partial charge in [-0.15, -0.1) is 23.5 Å². The van der Waals surface area contributed by atoms with E-state index < -0.39 is 6.10 Å². The summed E-state index contributed by atoms with van der Waals surface area (Å²) < 4.78 is 11.2. The minimum atomic E-state index is -0.835. The van der Waals surface area contributed by atoms with Crippen molar-refractivity contribution in [2.24, 2.45) is 17.8 Å². The summed E-state index contributed by atoms with van der Waals surface area (Å²) in [5.74, 6) is 3.57. The summed E-state index contributed by atoms with van der Waals surface area (Å²) in [6, 6.07) is 7.21. The van der Waals surface area contributed by atoms with Gasteiger partial charge in [0.1, 0.15) is 5.75 Å². The summed E-state index contributed by atoms with van der Waals surface area (Å²) in [6.07, 6.45) is 4.66. The van der Waals surface area contributed by atoms with Crippen LogP contribution in [0.2, 0.25) is 0 Å². The predicted molar refractivity (Wildman–Crippen MR) is 118 cm³/mol. The maximum absolute atomic E-state index is 12.9. The van der Waals surface area contributed by atoms with E-state index >= 15 is 0 Å². The first-order valence-electron chi connectivity index (χ1n) is 10.5. The summed E-state index contributed by atoms with van der Waals surface area (Å²) in [6.45, 7) is 1.64. The van der Waals surface area contributed by atoms with Gasteiger partial charge in [-0.3, -0.25) is 9.59 Å². The van der Waals surface area contributed by atoms with Crippen LogP contribution >= 0.6 is 23.5 Å². The molecule has 1 N–H and O–H groups in total. The predicted octanol–water partition coefficient (Wildman–Crippen LogP) is 4.57. The smallest absolute Gasteiger partial charge is 0.309 e. The van der Waals surface area contributed by atoms with Gasteiger partial charge in [0.2, 0.25) is 0 Å². The molecule has 2 saturated carbocycles. The molecule has 1 spiro atoms. The quantitative estimate of drug-likeness (QED) is 0.684. The van der Waals surface area contributed by atoms with E-state index in [9.17, 15) is 9.59 Å². The maximum atomic E-state index is 12.9. The number of carbonyl (C=O) groups is 2. The Morgan fingerprint density at radius 3 is 2.45 bits per heavy atom. The van der Waals surface area contributed by atoms with Gasteiger partial charge in [0.15, 0.2) is 6.10 Å². The van der Waals surface area contributed by atoms with Gasteiger partial charge in [-0.2, -0.15) is 0 Å². The summed E-state index contributed by atoms with van der Waals surface area (Å²) in [5, 5.41) is 2.80. The molecule has 2 aliphatic carbocycles. The molecule has 1 amide bonds. The van der Waals surface area contributed by atoms with Gasteiger partial charge in [-0.25, -0.2) is 0 Å². The van der Waals surface area contributed by atoms with Crippen LogP contribution in [-0.4, -0.2) is 40.7 Å². The molecule has 0 aromatic heterocycles. The van der Waals surface area contributed by atoms with Crippen LogP contribution in [0.4, 0.5) is 5.69 Å². The Hall–Kier alpha value is -1.34. The average Bonchev–Trinajstić information content (AvgIpc) is 3.17. The molecule has 1 aromatic carbocycles. The number of methoxy groups -OCH3 is 1. The normalized spacial score (nSPS) is 28.6. The number of esters is 1. The van der Waals surface area contributed by atoms with Gasteiger partial charge in [0.25, 0.3) is 5.91 Å². The molecule has 1 unspecified atom stereocenters. The van der Waals surface area contributed by atoms with Crippen molar-refractivity contribution < 1.29 is 19.1 Å². The third-order valence-corrected chi connectivity index (χ3v) is 10.5. The Labute approximate surface area is 181 Å². The number of thioether (sulfide) groups is 2. The molecule has 1 aromatic rings. The first-order chi connectivity index (χ1) is 14.0. The van der Waals surface area contributed by atoms with E-state index in [2.05, 4.69) is 28.8 Å². The highest BCUT2D eigenvalue weighted by atomic mass is 32.2. The number of para-hydroxylation sites is 2. The van der Waals surface area contributed by atoms with Crippen LogP contribution in [0, 0.1) is 17.8 Å². The molecule has 4 rings (SSSR count). The van der Waals surface area contributed by atoms with Crippen molar-refractivity contribution in [3.63, 3.8) is 0 Å². The Kier molecular flexibility index (Phi) is 6.35. The lowest BCUT2D eigenvalue weighted by molar-refractivity contribution is -0.159. The second-order valence-electron chi connectivity index (χ2n) is 8.18. The van der Waals surface area contributed by atoms with Crippen molar-refractivity contribution in [1.82, 2.24) is 0 Å². The zero-order valence-electron chi connectivity index (χ0n) is 17.0. The van der Waals surface area contributed by atoms with Gasteiger partial charge in [-0.05, 0) is 56.6 Å². The third kappa shape index (κ3) is 4.13. The highest BCUT2D eigenvalue weighted by Crippen LogP contribution is 2.64. The molecular weight excluding hydrogens is 406 g/mol. The molecule has 1 saturated heterocycles.